The second kappa shape index (κ2) is 7.01. The molecule has 1 amide bonds. The zero-order valence-electron chi connectivity index (χ0n) is 10.7. The molecule has 0 radical (unpaired) electrons. The van der Waals surface area contributed by atoms with Crippen LogP contribution in [0.3, 0.4) is 0 Å². The van der Waals surface area contributed by atoms with Crippen LogP contribution in [0.25, 0.3) is 0 Å². The van der Waals surface area contributed by atoms with Gasteiger partial charge in [0.2, 0.25) is 5.91 Å². The number of nitrogens with one attached hydrogen (secondary N) is 2. The second-order valence-electron chi connectivity index (χ2n) is 3.93. The summed E-state index contributed by atoms with van der Waals surface area (Å²) in [7, 11) is 0. The molecule has 0 bridgehead atoms. The van der Waals surface area contributed by atoms with Gasteiger partial charge in [-0.25, -0.2) is 0 Å². The molecule has 0 aliphatic rings. The lowest BCUT2D eigenvalue weighted by Crippen LogP contribution is -2.42. The van der Waals surface area contributed by atoms with Crippen molar-refractivity contribution >= 4 is 5.91 Å². The van der Waals surface area contributed by atoms with E-state index in [1.54, 1.807) is 6.33 Å². The fraction of sp³-hybridized carbons (Fsp3) is 0.727. The van der Waals surface area contributed by atoms with Crippen molar-refractivity contribution in [3.63, 3.8) is 0 Å². The van der Waals surface area contributed by atoms with Crippen LogP contribution in [0.15, 0.2) is 6.33 Å². The summed E-state index contributed by atoms with van der Waals surface area (Å²) in [5.41, 5.74) is 0. The van der Waals surface area contributed by atoms with Crippen LogP contribution < -0.4 is 10.6 Å². The first kappa shape index (κ1) is 13.6. The molecule has 1 heterocycles. The summed E-state index contributed by atoms with van der Waals surface area (Å²) in [5, 5.41) is 13.8. The molecule has 6 heteroatoms. The molecular formula is C11H21N5O. The van der Waals surface area contributed by atoms with Gasteiger partial charge in [0, 0.05) is 13.1 Å². The van der Waals surface area contributed by atoms with E-state index < -0.39 is 0 Å². The molecule has 1 aromatic rings. The molecule has 0 aliphatic carbocycles. The number of aromatic nitrogens is 3. The van der Waals surface area contributed by atoms with E-state index >= 15 is 0 Å². The van der Waals surface area contributed by atoms with Crippen LogP contribution in [-0.4, -0.2) is 33.3 Å². The van der Waals surface area contributed by atoms with E-state index in [9.17, 15) is 4.79 Å². The number of rotatable bonds is 7. The van der Waals surface area contributed by atoms with Gasteiger partial charge >= 0.3 is 0 Å². The molecule has 0 saturated carbocycles. The summed E-state index contributed by atoms with van der Waals surface area (Å²) in [6, 6.07) is -0.219. The van der Waals surface area contributed by atoms with E-state index in [0.29, 0.717) is 6.54 Å². The summed E-state index contributed by atoms with van der Waals surface area (Å²) >= 11 is 0. The maximum Gasteiger partial charge on any atom is 0.236 e. The Morgan fingerprint density at radius 3 is 2.94 bits per heavy atom. The second-order valence-corrected chi connectivity index (χ2v) is 3.93. The molecule has 1 rings (SSSR count). The van der Waals surface area contributed by atoms with E-state index in [4.69, 9.17) is 0 Å². The van der Waals surface area contributed by atoms with E-state index in [-0.39, 0.29) is 11.9 Å². The first-order chi connectivity index (χ1) is 8.19. The number of hydrogen-bond acceptors (Lipinski definition) is 4. The summed E-state index contributed by atoms with van der Waals surface area (Å²) in [5.74, 6) is 0.872. The number of carbonyl (C=O) groups is 1. The molecule has 2 N–H and O–H groups in total. The molecular weight excluding hydrogens is 218 g/mol. The Balaban J connectivity index is 2.37. The largest absolute Gasteiger partial charge is 0.355 e. The minimum Gasteiger partial charge on any atom is -0.355 e. The molecule has 1 unspecified atom stereocenters. The molecule has 1 atom stereocenters. The SMILES string of the molecule is CCCNC(=O)C(C)NCc1nncn1CC. The molecule has 6 nitrogen and oxygen atoms in total. The number of aryl methyl sites for hydroxylation is 1. The van der Waals surface area contributed by atoms with Crippen molar-refractivity contribution in [2.75, 3.05) is 6.54 Å². The standard InChI is InChI=1S/C11H21N5O/c1-4-6-12-11(17)9(3)13-7-10-15-14-8-16(10)5-2/h8-9,13H,4-7H2,1-3H3,(H,12,17). The fourth-order valence-electron chi connectivity index (χ4n) is 1.42. The summed E-state index contributed by atoms with van der Waals surface area (Å²) in [6.45, 7) is 8.01. The van der Waals surface area contributed by atoms with Gasteiger partial charge in [-0.3, -0.25) is 10.1 Å². The van der Waals surface area contributed by atoms with Crippen molar-refractivity contribution in [1.82, 2.24) is 25.4 Å². The van der Waals surface area contributed by atoms with Gasteiger partial charge in [-0.15, -0.1) is 10.2 Å². The number of carbonyl (C=O) groups excluding carboxylic acids is 1. The Bertz CT molecular complexity index is 349. The van der Waals surface area contributed by atoms with Gasteiger partial charge in [-0.1, -0.05) is 6.92 Å². The molecule has 96 valence electrons. The van der Waals surface area contributed by atoms with Crippen LogP contribution in [0.5, 0.6) is 0 Å². The van der Waals surface area contributed by atoms with E-state index in [1.807, 2.05) is 25.3 Å². The maximum absolute atomic E-state index is 11.6. The highest BCUT2D eigenvalue weighted by Crippen LogP contribution is 1.95. The topological polar surface area (TPSA) is 71.8 Å². The smallest absolute Gasteiger partial charge is 0.236 e. The molecule has 1 aromatic heterocycles. The van der Waals surface area contributed by atoms with Crippen LogP contribution >= 0.6 is 0 Å². The Hall–Kier alpha value is -1.43. The lowest BCUT2D eigenvalue weighted by atomic mass is 10.3. The van der Waals surface area contributed by atoms with Gasteiger partial charge in [0.15, 0.2) is 0 Å². The Labute approximate surface area is 102 Å². The third-order valence-electron chi connectivity index (χ3n) is 2.55. The molecule has 17 heavy (non-hydrogen) atoms. The van der Waals surface area contributed by atoms with Gasteiger partial charge in [0.1, 0.15) is 12.2 Å². The minimum atomic E-state index is -0.219. The van der Waals surface area contributed by atoms with Crippen molar-refractivity contribution in [2.45, 2.75) is 46.3 Å². The predicted molar refractivity (Wildman–Crippen MR) is 65.3 cm³/mol. The summed E-state index contributed by atoms with van der Waals surface area (Å²) < 4.78 is 1.95. The van der Waals surface area contributed by atoms with Crippen molar-refractivity contribution in [2.24, 2.45) is 0 Å². The van der Waals surface area contributed by atoms with Gasteiger partial charge in [-0.2, -0.15) is 0 Å². The molecule has 0 saturated heterocycles. The van der Waals surface area contributed by atoms with Gasteiger partial charge in [-0.05, 0) is 20.3 Å². The Kier molecular flexibility index (Phi) is 5.62. The number of amides is 1. The average molecular weight is 239 g/mol. The third-order valence-corrected chi connectivity index (χ3v) is 2.55. The van der Waals surface area contributed by atoms with Crippen LogP contribution in [-0.2, 0) is 17.9 Å². The Morgan fingerprint density at radius 1 is 1.53 bits per heavy atom. The van der Waals surface area contributed by atoms with Crippen molar-refractivity contribution in [3.05, 3.63) is 12.2 Å². The quantitative estimate of drug-likeness (QED) is 0.718. The zero-order chi connectivity index (χ0) is 12.7. The van der Waals surface area contributed by atoms with Crippen LogP contribution in [0.4, 0.5) is 0 Å². The molecule has 0 aliphatic heterocycles. The van der Waals surface area contributed by atoms with Crippen molar-refractivity contribution in [3.8, 4) is 0 Å². The fourth-order valence-corrected chi connectivity index (χ4v) is 1.42. The van der Waals surface area contributed by atoms with E-state index in [2.05, 4.69) is 20.8 Å². The third kappa shape index (κ3) is 4.14. The van der Waals surface area contributed by atoms with Crippen molar-refractivity contribution in [1.29, 1.82) is 0 Å². The minimum absolute atomic E-state index is 0.0226. The number of nitrogens with zero attached hydrogens (tertiary/aromatic N) is 3. The zero-order valence-corrected chi connectivity index (χ0v) is 10.7. The molecule has 0 spiro atoms. The lowest BCUT2D eigenvalue weighted by molar-refractivity contribution is -0.122. The number of hydrogen-bond donors (Lipinski definition) is 2. The maximum atomic E-state index is 11.6. The Morgan fingerprint density at radius 2 is 2.29 bits per heavy atom. The monoisotopic (exact) mass is 239 g/mol. The molecule has 0 fully saturated rings. The van der Waals surface area contributed by atoms with Crippen LogP contribution in [0.1, 0.15) is 33.0 Å². The highest BCUT2D eigenvalue weighted by molar-refractivity contribution is 5.81. The van der Waals surface area contributed by atoms with Gasteiger partial charge in [0.05, 0.1) is 12.6 Å². The van der Waals surface area contributed by atoms with Gasteiger partial charge < -0.3 is 9.88 Å². The van der Waals surface area contributed by atoms with Crippen molar-refractivity contribution < 1.29 is 4.79 Å². The first-order valence-electron chi connectivity index (χ1n) is 6.06. The predicted octanol–water partition coefficient (Wildman–Crippen LogP) is 0.302. The molecule has 0 aromatic carbocycles. The van der Waals surface area contributed by atoms with Gasteiger partial charge in [0.25, 0.3) is 0 Å². The summed E-state index contributed by atoms with van der Waals surface area (Å²) in [4.78, 5) is 11.6. The highest BCUT2D eigenvalue weighted by atomic mass is 16.2. The van der Waals surface area contributed by atoms with E-state index in [0.717, 1.165) is 25.3 Å². The lowest BCUT2D eigenvalue weighted by Gasteiger charge is -2.13. The first-order valence-corrected chi connectivity index (χ1v) is 6.06. The van der Waals surface area contributed by atoms with E-state index in [1.165, 1.54) is 0 Å². The van der Waals surface area contributed by atoms with Crippen LogP contribution in [0.2, 0.25) is 0 Å². The summed E-state index contributed by atoms with van der Waals surface area (Å²) in [6.07, 6.45) is 2.64. The average Bonchev–Trinajstić information content (AvgIpc) is 2.80. The van der Waals surface area contributed by atoms with Crippen LogP contribution in [0, 0.1) is 0 Å². The highest BCUT2D eigenvalue weighted by Gasteiger charge is 2.12. The normalized spacial score (nSPS) is 12.4.